The van der Waals surface area contributed by atoms with Crippen molar-refractivity contribution < 1.29 is 9.26 Å². The van der Waals surface area contributed by atoms with Crippen molar-refractivity contribution in [1.29, 1.82) is 0 Å². The van der Waals surface area contributed by atoms with Crippen molar-refractivity contribution in [3.05, 3.63) is 17.0 Å². The van der Waals surface area contributed by atoms with Gasteiger partial charge in [0, 0.05) is 38.3 Å². The van der Waals surface area contributed by atoms with Crippen LogP contribution in [-0.2, 0) is 11.3 Å². The number of ether oxygens (including phenoxy) is 1. The molecular formula is C12H21N3O2. The Morgan fingerprint density at radius 1 is 1.35 bits per heavy atom. The monoisotopic (exact) mass is 239 g/mol. The maximum atomic E-state index is 5.68. The largest absolute Gasteiger partial charge is 0.375 e. The molecule has 0 amide bonds. The topological polar surface area (TPSA) is 50.5 Å². The summed E-state index contributed by atoms with van der Waals surface area (Å²) in [4.78, 5) is 2.42. The first-order chi connectivity index (χ1) is 8.27. The van der Waals surface area contributed by atoms with E-state index < -0.39 is 0 Å². The molecule has 2 rings (SSSR count). The van der Waals surface area contributed by atoms with E-state index in [0.717, 1.165) is 56.3 Å². The molecule has 0 saturated carbocycles. The minimum absolute atomic E-state index is 0.604. The van der Waals surface area contributed by atoms with Crippen molar-refractivity contribution in [2.45, 2.75) is 20.5 Å². The summed E-state index contributed by atoms with van der Waals surface area (Å²) in [5.41, 5.74) is 2.02. The second-order valence-corrected chi connectivity index (χ2v) is 4.45. The van der Waals surface area contributed by atoms with Crippen LogP contribution in [0.25, 0.3) is 0 Å². The second-order valence-electron chi connectivity index (χ2n) is 4.45. The van der Waals surface area contributed by atoms with Crippen LogP contribution in [0.2, 0.25) is 0 Å². The van der Waals surface area contributed by atoms with Gasteiger partial charge in [0.05, 0.1) is 18.9 Å². The quantitative estimate of drug-likeness (QED) is 0.767. The molecule has 2 heterocycles. The molecule has 0 aromatic carbocycles. The van der Waals surface area contributed by atoms with E-state index >= 15 is 0 Å². The fourth-order valence-electron chi connectivity index (χ4n) is 2.01. The summed E-state index contributed by atoms with van der Waals surface area (Å²) in [6, 6.07) is 0. The first kappa shape index (κ1) is 12.5. The minimum Gasteiger partial charge on any atom is -0.375 e. The van der Waals surface area contributed by atoms with Crippen molar-refractivity contribution in [3.8, 4) is 0 Å². The third-order valence-corrected chi connectivity index (χ3v) is 3.19. The van der Waals surface area contributed by atoms with Gasteiger partial charge in [-0.25, -0.2) is 0 Å². The number of hydrogen-bond donors (Lipinski definition) is 1. The van der Waals surface area contributed by atoms with Gasteiger partial charge in [-0.15, -0.1) is 0 Å². The standard InChI is InChI=1S/C12H21N3O2/c1-10-12(11(2)17-14-10)9-16-8-7-15-5-3-13-4-6-15/h13H,3-9H2,1-2H3. The number of nitrogens with one attached hydrogen (secondary N) is 1. The van der Waals surface area contributed by atoms with Crippen LogP contribution in [0, 0.1) is 13.8 Å². The molecule has 5 nitrogen and oxygen atoms in total. The molecule has 0 atom stereocenters. The van der Waals surface area contributed by atoms with Crippen molar-refractivity contribution in [3.63, 3.8) is 0 Å². The molecule has 0 bridgehead atoms. The Balaban J connectivity index is 1.66. The summed E-state index contributed by atoms with van der Waals surface area (Å²) >= 11 is 0. The van der Waals surface area contributed by atoms with E-state index in [-0.39, 0.29) is 0 Å². The van der Waals surface area contributed by atoms with Crippen LogP contribution in [0.15, 0.2) is 4.52 Å². The van der Waals surface area contributed by atoms with Crippen molar-refractivity contribution >= 4 is 0 Å². The first-order valence-corrected chi connectivity index (χ1v) is 6.20. The number of hydrogen-bond acceptors (Lipinski definition) is 5. The average Bonchev–Trinajstić information content (AvgIpc) is 2.67. The highest BCUT2D eigenvalue weighted by molar-refractivity contribution is 5.19. The SMILES string of the molecule is Cc1noc(C)c1COCCN1CCNCC1. The molecule has 0 spiro atoms. The van der Waals surface area contributed by atoms with Crippen LogP contribution in [0.3, 0.4) is 0 Å². The van der Waals surface area contributed by atoms with Crippen LogP contribution < -0.4 is 5.32 Å². The van der Waals surface area contributed by atoms with E-state index in [1.54, 1.807) is 0 Å². The Bertz CT molecular complexity index is 326. The van der Waals surface area contributed by atoms with Gasteiger partial charge >= 0.3 is 0 Å². The lowest BCUT2D eigenvalue weighted by atomic mass is 10.2. The van der Waals surface area contributed by atoms with E-state index in [1.165, 1.54) is 0 Å². The van der Waals surface area contributed by atoms with Gasteiger partial charge in [0.15, 0.2) is 0 Å². The third-order valence-electron chi connectivity index (χ3n) is 3.19. The fraction of sp³-hybridized carbons (Fsp3) is 0.750. The molecule has 0 radical (unpaired) electrons. The molecule has 1 saturated heterocycles. The Hall–Kier alpha value is -0.910. The maximum absolute atomic E-state index is 5.68. The number of nitrogens with zero attached hydrogens (tertiary/aromatic N) is 2. The maximum Gasteiger partial charge on any atom is 0.139 e. The lowest BCUT2D eigenvalue weighted by Gasteiger charge is -2.26. The van der Waals surface area contributed by atoms with Crippen LogP contribution in [0.1, 0.15) is 17.0 Å². The van der Waals surface area contributed by atoms with Gasteiger partial charge in [0.2, 0.25) is 0 Å². The molecule has 17 heavy (non-hydrogen) atoms. The molecule has 0 aliphatic carbocycles. The molecule has 1 fully saturated rings. The van der Waals surface area contributed by atoms with Gasteiger partial charge < -0.3 is 14.6 Å². The zero-order valence-electron chi connectivity index (χ0n) is 10.7. The van der Waals surface area contributed by atoms with Gasteiger partial charge in [-0.1, -0.05) is 5.16 Å². The smallest absolute Gasteiger partial charge is 0.139 e. The predicted octanol–water partition coefficient (Wildman–Crippen LogP) is 0.713. The predicted molar refractivity (Wildman–Crippen MR) is 64.9 cm³/mol. The van der Waals surface area contributed by atoms with E-state index in [1.807, 2.05) is 13.8 Å². The van der Waals surface area contributed by atoms with E-state index in [9.17, 15) is 0 Å². The lowest BCUT2D eigenvalue weighted by Crippen LogP contribution is -2.44. The third kappa shape index (κ3) is 3.52. The average molecular weight is 239 g/mol. The molecule has 1 aliphatic heterocycles. The second kappa shape index (κ2) is 6.14. The molecule has 0 unspecified atom stereocenters. The normalized spacial score (nSPS) is 17.5. The van der Waals surface area contributed by atoms with Gasteiger partial charge in [-0.3, -0.25) is 4.90 Å². The summed E-state index contributed by atoms with van der Waals surface area (Å²) in [6.45, 7) is 10.7. The zero-order chi connectivity index (χ0) is 12.1. The van der Waals surface area contributed by atoms with Crippen LogP contribution >= 0.6 is 0 Å². The molecule has 96 valence electrons. The summed E-state index contributed by atoms with van der Waals surface area (Å²) in [6.07, 6.45) is 0. The highest BCUT2D eigenvalue weighted by atomic mass is 16.5. The minimum atomic E-state index is 0.604. The Morgan fingerprint density at radius 2 is 2.12 bits per heavy atom. The van der Waals surface area contributed by atoms with Gasteiger partial charge in [-0.05, 0) is 13.8 Å². The van der Waals surface area contributed by atoms with Crippen molar-refractivity contribution in [1.82, 2.24) is 15.4 Å². The van der Waals surface area contributed by atoms with Crippen molar-refractivity contribution in [2.24, 2.45) is 0 Å². The zero-order valence-corrected chi connectivity index (χ0v) is 10.7. The molecule has 1 aromatic heterocycles. The van der Waals surface area contributed by atoms with Crippen molar-refractivity contribution in [2.75, 3.05) is 39.3 Å². The van der Waals surface area contributed by atoms with E-state index in [2.05, 4.69) is 15.4 Å². The molecule has 1 aromatic rings. The number of piperazine rings is 1. The van der Waals surface area contributed by atoms with Crippen LogP contribution in [0.5, 0.6) is 0 Å². The van der Waals surface area contributed by atoms with Crippen LogP contribution in [0.4, 0.5) is 0 Å². The number of aromatic nitrogens is 1. The highest BCUT2D eigenvalue weighted by Crippen LogP contribution is 2.12. The molecule has 5 heteroatoms. The molecule has 1 N–H and O–H groups in total. The van der Waals surface area contributed by atoms with E-state index in [4.69, 9.17) is 9.26 Å². The highest BCUT2D eigenvalue weighted by Gasteiger charge is 2.10. The lowest BCUT2D eigenvalue weighted by molar-refractivity contribution is 0.0877. The Kier molecular flexibility index (Phi) is 4.53. The summed E-state index contributed by atoms with van der Waals surface area (Å²) in [7, 11) is 0. The first-order valence-electron chi connectivity index (χ1n) is 6.20. The number of aryl methyl sites for hydroxylation is 2. The summed E-state index contributed by atoms with van der Waals surface area (Å²) in [5.74, 6) is 0.865. The number of rotatable bonds is 5. The molecule has 1 aliphatic rings. The fourth-order valence-corrected chi connectivity index (χ4v) is 2.01. The summed E-state index contributed by atoms with van der Waals surface area (Å²) < 4.78 is 10.8. The van der Waals surface area contributed by atoms with Gasteiger partial charge in [0.1, 0.15) is 5.76 Å². The van der Waals surface area contributed by atoms with Crippen LogP contribution in [-0.4, -0.2) is 49.4 Å². The van der Waals surface area contributed by atoms with Gasteiger partial charge in [0.25, 0.3) is 0 Å². The van der Waals surface area contributed by atoms with E-state index in [0.29, 0.717) is 6.61 Å². The van der Waals surface area contributed by atoms with Gasteiger partial charge in [-0.2, -0.15) is 0 Å². The Morgan fingerprint density at radius 3 is 2.76 bits per heavy atom. The Labute approximate surface area is 102 Å². The molecular weight excluding hydrogens is 218 g/mol. The summed E-state index contributed by atoms with van der Waals surface area (Å²) in [5, 5.41) is 7.25.